The largest absolute Gasteiger partial charge is 0.457 e. The molecule has 0 bridgehead atoms. The Kier molecular flexibility index (Phi) is 6.85. The van der Waals surface area contributed by atoms with Gasteiger partial charge in [-0.1, -0.05) is 12.1 Å². The van der Waals surface area contributed by atoms with E-state index in [9.17, 15) is 13.2 Å². The van der Waals surface area contributed by atoms with Crippen molar-refractivity contribution in [1.82, 2.24) is 14.6 Å². The van der Waals surface area contributed by atoms with Gasteiger partial charge in [-0.05, 0) is 36.8 Å². The molecule has 0 saturated heterocycles. The number of pyridine rings is 1. The maximum atomic E-state index is 12.6. The third-order valence-electron chi connectivity index (χ3n) is 4.99. The highest BCUT2D eigenvalue weighted by molar-refractivity contribution is 7.90. The predicted molar refractivity (Wildman–Crippen MR) is 127 cm³/mol. The number of furan rings is 1. The zero-order valence-electron chi connectivity index (χ0n) is 18.7. The summed E-state index contributed by atoms with van der Waals surface area (Å²) >= 11 is 0. The number of amides is 1. The molecule has 0 aliphatic rings. The van der Waals surface area contributed by atoms with Crippen molar-refractivity contribution >= 4 is 44.7 Å². The van der Waals surface area contributed by atoms with Gasteiger partial charge in [0.05, 0.1) is 12.2 Å². The maximum Gasteiger partial charge on any atom is 0.300 e. The fraction of sp³-hybridized carbons (Fsp3) is 0.273. The molecule has 1 amide bonds. The molecule has 0 saturated carbocycles. The number of benzene rings is 1. The molecule has 10 heteroatoms. The molecule has 2 aromatic heterocycles. The maximum absolute atomic E-state index is 12.6. The molecular formula is C22H27N5O4S. The third kappa shape index (κ3) is 5.27. The van der Waals surface area contributed by atoms with E-state index >= 15 is 0 Å². The first-order valence-corrected chi connectivity index (χ1v) is 11.4. The Morgan fingerprint density at radius 1 is 1.19 bits per heavy atom. The number of hydrogen-bond acceptors (Lipinski definition) is 6. The number of carbonyl (C=O) groups is 1. The number of hydrogen-bond donors (Lipinski definition) is 2. The fourth-order valence-electron chi connectivity index (χ4n) is 3.12. The Morgan fingerprint density at radius 2 is 1.94 bits per heavy atom. The number of nitrogens with one attached hydrogen (secondary N) is 2. The number of carbonyl (C=O) groups excluding carboxylic acids is 1. The van der Waals surface area contributed by atoms with E-state index in [1.807, 2.05) is 44.1 Å². The van der Waals surface area contributed by atoms with Crippen LogP contribution in [0, 0.1) is 6.92 Å². The van der Waals surface area contributed by atoms with Gasteiger partial charge in [-0.3, -0.25) is 9.52 Å². The van der Waals surface area contributed by atoms with Crippen LogP contribution < -0.4 is 14.3 Å². The predicted octanol–water partition coefficient (Wildman–Crippen LogP) is 2.75. The molecular weight excluding hydrogens is 430 g/mol. The molecule has 32 heavy (non-hydrogen) atoms. The van der Waals surface area contributed by atoms with Gasteiger partial charge in [0.15, 0.2) is 5.58 Å². The average Bonchev–Trinajstić information content (AvgIpc) is 3.08. The zero-order valence-corrected chi connectivity index (χ0v) is 19.5. The van der Waals surface area contributed by atoms with Gasteiger partial charge < -0.3 is 14.2 Å². The van der Waals surface area contributed by atoms with Gasteiger partial charge in [0.25, 0.3) is 10.2 Å². The van der Waals surface area contributed by atoms with Crippen LogP contribution in [0.3, 0.4) is 0 Å². The van der Waals surface area contributed by atoms with Gasteiger partial charge in [0.1, 0.15) is 11.6 Å². The average molecular weight is 458 g/mol. The van der Waals surface area contributed by atoms with Crippen LogP contribution >= 0.6 is 0 Å². The second-order valence-electron chi connectivity index (χ2n) is 7.51. The van der Waals surface area contributed by atoms with E-state index in [2.05, 4.69) is 14.4 Å². The second-order valence-corrected chi connectivity index (χ2v) is 9.13. The quantitative estimate of drug-likeness (QED) is 0.504. The van der Waals surface area contributed by atoms with Crippen molar-refractivity contribution in [2.45, 2.75) is 13.5 Å². The summed E-state index contributed by atoms with van der Waals surface area (Å²) in [6.45, 7) is 2.32. The molecule has 0 aliphatic carbocycles. The van der Waals surface area contributed by atoms with E-state index in [0.717, 1.165) is 28.0 Å². The molecule has 0 fully saturated rings. The summed E-state index contributed by atoms with van der Waals surface area (Å²) in [5.41, 5.74) is 3.46. The van der Waals surface area contributed by atoms with Gasteiger partial charge in [-0.2, -0.15) is 8.42 Å². The van der Waals surface area contributed by atoms with Gasteiger partial charge in [-0.15, -0.1) is 0 Å². The summed E-state index contributed by atoms with van der Waals surface area (Å²) in [5, 5.41) is 1.03. The van der Waals surface area contributed by atoms with Crippen molar-refractivity contribution in [3.8, 4) is 0 Å². The molecule has 170 valence electrons. The van der Waals surface area contributed by atoms with E-state index in [-0.39, 0.29) is 11.7 Å². The number of aryl methyl sites for hydroxylation is 1. The van der Waals surface area contributed by atoms with Crippen LogP contribution in [0.15, 0.2) is 47.0 Å². The third-order valence-corrected chi connectivity index (χ3v) is 6.01. The minimum absolute atomic E-state index is 0.178. The Balaban J connectivity index is 1.69. The Labute approximate surface area is 187 Å². The first-order chi connectivity index (χ1) is 15.1. The topological polar surface area (TPSA) is 108 Å². The molecule has 1 aromatic carbocycles. The smallest absolute Gasteiger partial charge is 0.300 e. The van der Waals surface area contributed by atoms with E-state index in [4.69, 9.17) is 4.42 Å². The van der Waals surface area contributed by atoms with Crippen LogP contribution in [0.4, 0.5) is 11.5 Å². The lowest BCUT2D eigenvalue weighted by molar-refractivity contribution is -0.125. The minimum atomic E-state index is -3.63. The van der Waals surface area contributed by atoms with Crippen LogP contribution in [0.2, 0.25) is 0 Å². The molecule has 2 N–H and O–H groups in total. The summed E-state index contributed by atoms with van der Waals surface area (Å²) in [7, 11) is 3.31. The Bertz CT molecular complexity index is 1250. The van der Waals surface area contributed by atoms with E-state index in [1.165, 1.54) is 25.4 Å². The van der Waals surface area contributed by atoms with Gasteiger partial charge >= 0.3 is 0 Å². The standard InChI is InChI=1S/C22H27N5O4S/c1-15-17-7-6-8-18(26(3)4)22(17)31-19(15)14-27(5)21(28)12-10-16-9-11-20(24-13-16)25-32(29,30)23-2/h6-13,23H,14H2,1-5H3,(H,24,25)/b12-10+. The van der Waals surface area contributed by atoms with E-state index in [0.29, 0.717) is 12.1 Å². The molecule has 3 rings (SSSR count). The highest BCUT2D eigenvalue weighted by Gasteiger charge is 2.17. The van der Waals surface area contributed by atoms with Crippen molar-refractivity contribution < 1.29 is 17.6 Å². The highest BCUT2D eigenvalue weighted by atomic mass is 32.2. The van der Waals surface area contributed by atoms with Gasteiger partial charge in [0.2, 0.25) is 5.91 Å². The summed E-state index contributed by atoms with van der Waals surface area (Å²) in [6, 6.07) is 9.18. The number of likely N-dealkylation sites (N-methyl/N-ethyl adjacent to an activating group) is 1. The van der Waals surface area contributed by atoms with Crippen molar-refractivity contribution in [3.63, 3.8) is 0 Å². The first-order valence-electron chi connectivity index (χ1n) is 9.90. The Morgan fingerprint density at radius 3 is 2.56 bits per heavy atom. The summed E-state index contributed by atoms with van der Waals surface area (Å²) < 4.78 is 33.5. The summed E-state index contributed by atoms with van der Waals surface area (Å²) in [6.07, 6.45) is 4.54. The van der Waals surface area contributed by atoms with Gasteiger partial charge in [0, 0.05) is 51.4 Å². The minimum Gasteiger partial charge on any atom is -0.457 e. The molecule has 0 unspecified atom stereocenters. The molecule has 0 radical (unpaired) electrons. The van der Waals surface area contributed by atoms with Crippen LogP contribution in [0.5, 0.6) is 0 Å². The van der Waals surface area contributed by atoms with E-state index in [1.54, 1.807) is 24.1 Å². The van der Waals surface area contributed by atoms with Crippen molar-refractivity contribution in [2.75, 3.05) is 37.8 Å². The lowest BCUT2D eigenvalue weighted by atomic mass is 10.1. The van der Waals surface area contributed by atoms with E-state index < -0.39 is 10.2 Å². The van der Waals surface area contributed by atoms with Crippen LogP contribution in [0.25, 0.3) is 17.0 Å². The highest BCUT2D eigenvalue weighted by Crippen LogP contribution is 2.32. The lowest BCUT2D eigenvalue weighted by Gasteiger charge is -2.14. The lowest BCUT2D eigenvalue weighted by Crippen LogP contribution is -2.26. The van der Waals surface area contributed by atoms with Crippen molar-refractivity contribution in [1.29, 1.82) is 0 Å². The number of fused-ring (bicyclic) bond motifs is 1. The van der Waals surface area contributed by atoms with Crippen molar-refractivity contribution in [2.24, 2.45) is 0 Å². The second kappa shape index (κ2) is 9.41. The Hall–Kier alpha value is -3.37. The number of para-hydroxylation sites is 1. The van der Waals surface area contributed by atoms with Gasteiger partial charge in [-0.25, -0.2) is 9.71 Å². The van der Waals surface area contributed by atoms with Crippen molar-refractivity contribution in [3.05, 3.63) is 59.5 Å². The molecule has 0 spiro atoms. The van der Waals surface area contributed by atoms with Crippen LogP contribution in [0.1, 0.15) is 16.9 Å². The SMILES string of the molecule is CNS(=O)(=O)Nc1ccc(/C=C/C(=O)N(C)Cc2oc3c(N(C)C)cccc3c2C)cn1. The fourth-order valence-corrected chi connectivity index (χ4v) is 3.62. The summed E-state index contributed by atoms with van der Waals surface area (Å²) in [4.78, 5) is 20.2. The van der Waals surface area contributed by atoms with Crippen LogP contribution in [-0.2, 0) is 21.5 Å². The molecule has 9 nitrogen and oxygen atoms in total. The molecule has 0 aliphatic heterocycles. The normalized spacial score (nSPS) is 11.8. The first kappa shape index (κ1) is 23.3. The monoisotopic (exact) mass is 457 g/mol. The summed E-state index contributed by atoms with van der Waals surface area (Å²) in [5.74, 6) is 0.719. The molecule has 3 aromatic rings. The number of aromatic nitrogens is 1. The number of anilines is 2. The van der Waals surface area contributed by atoms with Crippen LogP contribution in [-0.4, -0.2) is 52.4 Å². The number of nitrogens with zero attached hydrogens (tertiary/aromatic N) is 3. The molecule has 2 heterocycles. The zero-order chi connectivity index (χ0) is 23.5. The molecule has 0 atom stereocenters. The number of rotatable bonds is 8.